The van der Waals surface area contributed by atoms with Gasteiger partial charge in [-0.3, -0.25) is 18.8 Å². The number of amides is 1. The van der Waals surface area contributed by atoms with Crippen molar-refractivity contribution in [2.45, 2.75) is 52.7 Å². The number of fused-ring (bicyclic) bond motifs is 2. The number of rotatable bonds is 4. The van der Waals surface area contributed by atoms with E-state index in [2.05, 4.69) is 39.7 Å². The molecule has 0 unspecified atom stereocenters. The second-order valence-corrected chi connectivity index (χ2v) is 8.62. The topological polar surface area (TPSA) is 58.7 Å². The predicted molar refractivity (Wildman–Crippen MR) is 109 cm³/mol. The van der Waals surface area contributed by atoms with Crippen molar-refractivity contribution in [3.8, 4) is 0 Å². The second kappa shape index (κ2) is 7.00. The van der Waals surface area contributed by atoms with Crippen LogP contribution < -0.4 is 0 Å². The molecule has 5 heterocycles. The molecule has 1 saturated heterocycles. The summed E-state index contributed by atoms with van der Waals surface area (Å²) in [5.74, 6) is 0.114. The number of imidazole rings is 1. The van der Waals surface area contributed by atoms with Crippen LogP contribution in [-0.2, 0) is 26.1 Å². The molecule has 0 saturated carbocycles. The molecule has 2 aliphatic heterocycles. The first-order valence-corrected chi connectivity index (χ1v) is 11.0. The summed E-state index contributed by atoms with van der Waals surface area (Å²) in [5, 5.41) is 6.81. The molecule has 0 aromatic carbocycles. The number of nitrogens with zero attached hydrogens (tertiary/aromatic N) is 6. The van der Waals surface area contributed by atoms with Crippen molar-refractivity contribution in [2.24, 2.45) is 0 Å². The fraction of sp³-hybridized carbons (Fsp3) is 0.550. The van der Waals surface area contributed by atoms with Crippen LogP contribution in [0.2, 0.25) is 0 Å². The van der Waals surface area contributed by atoms with Crippen molar-refractivity contribution < 1.29 is 4.79 Å². The van der Waals surface area contributed by atoms with Crippen LogP contribution in [0.15, 0.2) is 11.6 Å². The van der Waals surface area contributed by atoms with E-state index in [0.717, 1.165) is 74.7 Å². The van der Waals surface area contributed by atoms with Gasteiger partial charge in [0.05, 0.1) is 11.4 Å². The molecular weight excluding hydrogens is 372 g/mol. The molecule has 148 valence electrons. The molecule has 0 N–H and O–H groups in total. The van der Waals surface area contributed by atoms with Crippen LogP contribution in [0.4, 0.5) is 0 Å². The third kappa shape index (κ3) is 2.86. The molecule has 0 atom stereocenters. The maximum Gasteiger partial charge on any atom is 0.274 e. The van der Waals surface area contributed by atoms with E-state index in [-0.39, 0.29) is 5.91 Å². The summed E-state index contributed by atoms with van der Waals surface area (Å²) < 4.78 is 4.23. The monoisotopic (exact) mass is 398 g/mol. The van der Waals surface area contributed by atoms with E-state index in [4.69, 9.17) is 5.10 Å². The molecule has 2 aliphatic rings. The van der Waals surface area contributed by atoms with Gasteiger partial charge < -0.3 is 4.90 Å². The fourth-order valence-electron chi connectivity index (χ4n) is 4.53. The molecule has 3 aromatic rings. The lowest BCUT2D eigenvalue weighted by atomic mass is 10.0. The van der Waals surface area contributed by atoms with E-state index in [0.29, 0.717) is 5.69 Å². The van der Waals surface area contributed by atoms with Crippen molar-refractivity contribution in [1.82, 2.24) is 29.0 Å². The highest BCUT2D eigenvalue weighted by Gasteiger charge is 2.31. The third-order valence-corrected chi connectivity index (χ3v) is 6.80. The summed E-state index contributed by atoms with van der Waals surface area (Å²) in [6.07, 6.45) is 5.24. The number of carbonyl (C=O) groups excluding carboxylic acids is 1. The second-order valence-electron chi connectivity index (χ2n) is 7.75. The van der Waals surface area contributed by atoms with Gasteiger partial charge in [0.1, 0.15) is 0 Å². The molecule has 0 aliphatic carbocycles. The predicted octanol–water partition coefficient (Wildman–Crippen LogP) is 2.71. The summed E-state index contributed by atoms with van der Waals surface area (Å²) in [6.45, 7) is 9.33. The van der Waals surface area contributed by atoms with E-state index in [1.807, 2.05) is 9.58 Å². The van der Waals surface area contributed by atoms with Gasteiger partial charge in [0.2, 0.25) is 0 Å². The van der Waals surface area contributed by atoms with Gasteiger partial charge in [0.15, 0.2) is 10.7 Å². The number of hydrogen-bond donors (Lipinski definition) is 0. The van der Waals surface area contributed by atoms with Crippen molar-refractivity contribution in [3.63, 3.8) is 0 Å². The number of hydrogen-bond acceptors (Lipinski definition) is 5. The Morgan fingerprint density at radius 3 is 2.86 bits per heavy atom. The van der Waals surface area contributed by atoms with Crippen LogP contribution in [0.5, 0.6) is 0 Å². The molecule has 0 bridgehead atoms. The minimum atomic E-state index is 0.114. The van der Waals surface area contributed by atoms with Crippen LogP contribution in [0, 0.1) is 6.92 Å². The Morgan fingerprint density at radius 1 is 1.25 bits per heavy atom. The smallest absolute Gasteiger partial charge is 0.274 e. The molecule has 0 radical (unpaired) electrons. The van der Waals surface area contributed by atoms with Crippen molar-refractivity contribution in [3.05, 3.63) is 39.9 Å². The highest BCUT2D eigenvalue weighted by molar-refractivity contribution is 7.15. The van der Waals surface area contributed by atoms with Crippen LogP contribution in [0.1, 0.15) is 52.9 Å². The molecule has 1 amide bonds. The maximum absolute atomic E-state index is 13.1. The summed E-state index contributed by atoms with van der Waals surface area (Å²) in [6, 6.07) is 0. The molecule has 3 aromatic heterocycles. The van der Waals surface area contributed by atoms with Crippen LogP contribution >= 0.6 is 11.3 Å². The zero-order valence-electron chi connectivity index (χ0n) is 16.5. The maximum atomic E-state index is 13.1. The number of carbonyl (C=O) groups is 1. The van der Waals surface area contributed by atoms with Gasteiger partial charge in [-0.15, -0.1) is 11.3 Å². The third-order valence-electron chi connectivity index (χ3n) is 6.04. The van der Waals surface area contributed by atoms with Gasteiger partial charge >= 0.3 is 0 Å². The van der Waals surface area contributed by atoms with Crippen molar-refractivity contribution >= 4 is 22.2 Å². The molecule has 5 rings (SSSR count). The van der Waals surface area contributed by atoms with Gasteiger partial charge in [-0.25, -0.2) is 4.98 Å². The molecule has 7 nitrogen and oxygen atoms in total. The van der Waals surface area contributed by atoms with Crippen molar-refractivity contribution in [2.75, 3.05) is 19.6 Å². The minimum Gasteiger partial charge on any atom is -0.337 e. The molecule has 8 heteroatoms. The summed E-state index contributed by atoms with van der Waals surface area (Å²) in [5.41, 5.74) is 5.39. The number of aryl methyl sites for hydroxylation is 2. The quantitative estimate of drug-likeness (QED) is 0.678. The lowest BCUT2D eigenvalue weighted by Crippen LogP contribution is -2.33. The molecule has 1 fully saturated rings. The lowest BCUT2D eigenvalue weighted by molar-refractivity contribution is 0.0783. The highest BCUT2D eigenvalue weighted by atomic mass is 32.1. The van der Waals surface area contributed by atoms with Crippen LogP contribution in [-0.4, -0.2) is 54.5 Å². The average molecular weight is 399 g/mol. The van der Waals surface area contributed by atoms with Crippen LogP contribution in [0.3, 0.4) is 0 Å². The minimum absolute atomic E-state index is 0.114. The van der Waals surface area contributed by atoms with E-state index >= 15 is 0 Å². The first-order chi connectivity index (χ1) is 13.7. The summed E-state index contributed by atoms with van der Waals surface area (Å²) in [7, 11) is 0. The largest absolute Gasteiger partial charge is 0.337 e. The van der Waals surface area contributed by atoms with E-state index in [1.165, 1.54) is 11.4 Å². The molecule has 0 spiro atoms. The average Bonchev–Trinajstić information content (AvgIpc) is 3.46. The number of likely N-dealkylation sites (tertiary alicyclic amines) is 1. The molecular formula is C20H26N6OS. The van der Waals surface area contributed by atoms with Gasteiger partial charge in [-0.05, 0) is 26.7 Å². The first-order valence-electron chi connectivity index (χ1n) is 10.2. The van der Waals surface area contributed by atoms with Gasteiger partial charge in [-0.2, -0.15) is 5.10 Å². The van der Waals surface area contributed by atoms with Crippen molar-refractivity contribution in [1.29, 1.82) is 0 Å². The summed E-state index contributed by atoms with van der Waals surface area (Å²) in [4.78, 5) is 23.2. The Balaban J connectivity index is 1.44. The Labute approximate surface area is 168 Å². The van der Waals surface area contributed by atoms with Crippen LogP contribution in [0.25, 0.3) is 4.96 Å². The first kappa shape index (κ1) is 17.9. The normalized spacial score (nSPS) is 17.6. The Hall–Kier alpha value is -2.19. The highest BCUT2D eigenvalue weighted by Crippen LogP contribution is 2.27. The van der Waals surface area contributed by atoms with Gasteiger partial charge in [0.25, 0.3) is 5.91 Å². The lowest BCUT2D eigenvalue weighted by Gasteiger charge is -2.28. The van der Waals surface area contributed by atoms with E-state index in [9.17, 15) is 4.79 Å². The van der Waals surface area contributed by atoms with Gasteiger partial charge in [-0.1, -0.05) is 0 Å². The summed E-state index contributed by atoms with van der Waals surface area (Å²) >= 11 is 1.67. The Kier molecular flexibility index (Phi) is 4.47. The molecule has 28 heavy (non-hydrogen) atoms. The number of thiazole rings is 1. The Morgan fingerprint density at radius 2 is 2.07 bits per heavy atom. The number of aromatic nitrogens is 4. The fourth-order valence-corrected chi connectivity index (χ4v) is 5.31. The zero-order valence-corrected chi connectivity index (χ0v) is 17.3. The van der Waals surface area contributed by atoms with E-state index in [1.54, 1.807) is 11.3 Å². The van der Waals surface area contributed by atoms with Gasteiger partial charge in [0, 0.05) is 68.5 Å². The SMILES string of the molecule is CCn1nc(C(=O)N2CCCC2)c2c1CCN(Cc1c(C)nc3sccn13)C2. The Bertz CT molecular complexity index is 1030. The zero-order chi connectivity index (χ0) is 19.3. The standard InChI is InChI=1S/C20H26N6OS/c1-3-26-16-6-9-23(13-17-14(2)21-20-25(17)10-11-28-20)12-15(16)18(22-26)19(27)24-7-4-5-8-24/h10-11H,3-9,12-13H2,1-2H3. The van der Waals surface area contributed by atoms with E-state index < -0.39 is 0 Å².